The molecule has 0 aliphatic heterocycles. The summed E-state index contributed by atoms with van der Waals surface area (Å²) in [4.78, 5) is 38.9. The van der Waals surface area contributed by atoms with E-state index in [2.05, 4.69) is 28.9 Å². The molecule has 0 unspecified atom stereocenters. The number of ether oxygens (including phenoxy) is 2. The third kappa shape index (κ3) is 5.28. The van der Waals surface area contributed by atoms with Gasteiger partial charge in [0, 0.05) is 23.7 Å². The second-order valence-corrected chi connectivity index (χ2v) is 16.5. The monoisotopic (exact) mass is 657 g/mol. The zero-order valence-electron chi connectivity index (χ0n) is 26.7. The largest absolute Gasteiger partial charge is 0.464 e. The summed E-state index contributed by atoms with van der Waals surface area (Å²) >= 11 is 0. The minimum absolute atomic E-state index is 0.0233. The molecule has 13 heteroatoms. The lowest BCUT2D eigenvalue weighted by atomic mass is 9.40. The Labute approximate surface area is 269 Å². The Bertz CT molecular complexity index is 1630. The van der Waals surface area contributed by atoms with E-state index in [1.165, 1.54) is 24.3 Å². The number of sulfone groups is 1. The minimum Gasteiger partial charge on any atom is -0.464 e. The first-order valence-corrected chi connectivity index (χ1v) is 17.7. The Balaban J connectivity index is 0.994. The first-order chi connectivity index (χ1) is 21.8. The Morgan fingerprint density at radius 3 is 2.57 bits per heavy atom. The van der Waals surface area contributed by atoms with E-state index in [4.69, 9.17) is 9.47 Å². The second-order valence-electron chi connectivity index (χ2n) is 14.6. The summed E-state index contributed by atoms with van der Waals surface area (Å²) in [6, 6.07) is 7.36. The number of aromatic nitrogens is 2. The van der Waals surface area contributed by atoms with Gasteiger partial charge in [0.1, 0.15) is 12.3 Å². The molecule has 4 saturated carbocycles. The van der Waals surface area contributed by atoms with Crippen LogP contribution < -0.4 is 15.0 Å². The zero-order chi connectivity index (χ0) is 33.0. The molecule has 2 aromatic rings. The van der Waals surface area contributed by atoms with E-state index in [0.717, 1.165) is 51.4 Å². The van der Waals surface area contributed by atoms with E-state index >= 15 is 0 Å². The number of esters is 1. The summed E-state index contributed by atoms with van der Waals surface area (Å²) in [6.07, 6.45) is 8.47. The van der Waals surface area contributed by atoms with Gasteiger partial charge >= 0.3 is 16.9 Å². The fourth-order valence-electron chi connectivity index (χ4n) is 9.84. The molecule has 1 amide bonds. The van der Waals surface area contributed by atoms with Crippen molar-refractivity contribution in [2.75, 3.05) is 19.8 Å². The number of amides is 1. The van der Waals surface area contributed by atoms with Gasteiger partial charge in [-0.15, -0.1) is 0 Å². The molecule has 2 bridgehead atoms. The van der Waals surface area contributed by atoms with Crippen molar-refractivity contribution in [3.05, 3.63) is 35.5 Å². The number of carbonyl (C=O) groups excluding carboxylic acids is 3. The molecule has 12 nitrogen and oxygen atoms in total. The molecule has 6 atom stereocenters. The molecule has 1 spiro atoms. The average molecular weight is 658 g/mol. The lowest BCUT2D eigenvalue weighted by Crippen LogP contribution is -2.60. The third-order valence-corrected chi connectivity index (χ3v) is 13.6. The number of hydrogen-bond donors (Lipinski definition) is 1. The molecular formula is C33H43N3O9S. The molecule has 1 aromatic carbocycles. The number of carbonyl (C=O) groups is 3. The van der Waals surface area contributed by atoms with Crippen LogP contribution in [-0.2, 0) is 29.0 Å². The standard InChI is InChI=1S/C33H43N3O9S/c1-30-15-11-24-31(2)13-7-14-32(3,23(31)12-16-33(24,21-30)19-25(30)37)29(39)34-20-26(38)43-17-8-18-44-27-28(36(40)45-35-27)46(41,42)22-9-5-4-6-10-22/h4-6,9-10,23-24H,7-8,11-21H2,1-3H3,(H,34,39)/t23-,24-,30-,31+,32+,33-/m0/s1. The molecule has 4 aliphatic rings. The van der Waals surface area contributed by atoms with Crippen LogP contribution in [0.2, 0.25) is 0 Å². The second kappa shape index (κ2) is 11.6. The van der Waals surface area contributed by atoms with Gasteiger partial charge in [0.2, 0.25) is 5.91 Å². The van der Waals surface area contributed by atoms with Gasteiger partial charge in [-0.05, 0) is 84.6 Å². The number of fused-ring (bicyclic) bond motifs is 3. The van der Waals surface area contributed by atoms with Crippen molar-refractivity contribution in [2.45, 2.75) is 94.9 Å². The number of Topliss-reactive ketones (excluding diaryl/α,β-unsaturated/α-hetero) is 1. The van der Waals surface area contributed by atoms with Crippen molar-refractivity contribution in [1.82, 2.24) is 10.5 Å². The van der Waals surface area contributed by atoms with Crippen LogP contribution in [0.25, 0.3) is 0 Å². The fourth-order valence-corrected chi connectivity index (χ4v) is 11.1. The van der Waals surface area contributed by atoms with Crippen LogP contribution in [0.4, 0.5) is 0 Å². The smallest absolute Gasteiger partial charge is 0.414 e. The van der Waals surface area contributed by atoms with Crippen LogP contribution in [-0.4, -0.2) is 51.0 Å². The molecule has 1 heterocycles. The molecular weight excluding hydrogens is 614 g/mol. The highest BCUT2D eigenvalue weighted by atomic mass is 32.2. The quantitative estimate of drug-likeness (QED) is 0.224. The third-order valence-electron chi connectivity index (χ3n) is 11.9. The summed E-state index contributed by atoms with van der Waals surface area (Å²) in [6.45, 7) is 6.12. The maximum Gasteiger partial charge on any atom is 0.414 e. The number of hydrogen-bond acceptors (Lipinski definition) is 10. The Kier molecular flexibility index (Phi) is 8.22. The maximum atomic E-state index is 13.7. The van der Waals surface area contributed by atoms with Crippen molar-refractivity contribution in [2.24, 2.45) is 33.5 Å². The summed E-state index contributed by atoms with van der Waals surface area (Å²) in [5.41, 5.74) is -0.743. The molecule has 6 rings (SSSR count). The summed E-state index contributed by atoms with van der Waals surface area (Å²) in [7, 11) is -4.24. The molecule has 250 valence electrons. The van der Waals surface area contributed by atoms with Crippen molar-refractivity contribution in [1.29, 1.82) is 0 Å². The number of nitrogens with one attached hydrogen (secondary N) is 1. The first-order valence-electron chi connectivity index (χ1n) is 16.3. The van der Waals surface area contributed by atoms with Gasteiger partial charge in [0.05, 0.1) is 23.3 Å². The topological polar surface area (TPSA) is 169 Å². The van der Waals surface area contributed by atoms with E-state index in [1.54, 1.807) is 6.07 Å². The van der Waals surface area contributed by atoms with Crippen LogP contribution in [0.3, 0.4) is 0 Å². The molecule has 4 fully saturated rings. The molecule has 46 heavy (non-hydrogen) atoms. The summed E-state index contributed by atoms with van der Waals surface area (Å²) < 4.78 is 40.9. The number of ketones is 1. The highest BCUT2D eigenvalue weighted by Gasteiger charge is 2.68. The van der Waals surface area contributed by atoms with E-state index in [9.17, 15) is 28.0 Å². The van der Waals surface area contributed by atoms with E-state index in [1.807, 2.05) is 6.92 Å². The van der Waals surface area contributed by atoms with Crippen LogP contribution >= 0.6 is 0 Å². The van der Waals surface area contributed by atoms with E-state index < -0.39 is 32.1 Å². The number of benzene rings is 1. The SMILES string of the molecule is C[C@@]12CC[C@@H]3[C@@](CC[C@H]4[C@@]3(C)CCC[C@@]4(C)C(=O)NCC(=O)OCCCOc3no[n+]([O-])c3S(=O)(=O)c3ccccc3)(CC1=O)C2. The number of nitrogens with zero attached hydrogens (tertiary/aromatic N) is 2. The van der Waals surface area contributed by atoms with Crippen LogP contribution in [0.1, 0.15) is 85.0 Å². The molecule has 1 aromatic heterocycles. The van der Waals surface area contributed by atoms with Crippen LogP contribution in [0.5, 0.6) is 5.88 Å². The highest BCUT2D eigenvalue weighted by molar-refractivity contribution is 7.91. The predicted octanol–water partition coefficient (Wildman–Crippen LogP) is 3.94. The van der Waals surface area contributed by atoms with E-state index in [-0.39, 0.29) is 64.0 Å². The van der Waals surface area contributed by atoms with Gasteiger partial charge in [-0.25, -0.2) is 8.42 Å². The molecule has 0 saturated heterocycles. The average Bonchev–Trinajstić information content (AvgIpc) is 3.48. The van der Waals surface area contributed by atoms with Gasteiger partial charge < -0.3 is 20.0 Å². The summed E-state index contributed by atoms with van der Waals surface area (Å²) in [5.74, 6) is -0.179. The van der Waals surface area contributed by atoms with Gasteiger partial charge in [-0.3, -0.25) is 19.0 Å². The van der Waals surface area contributed by atoms with Crippen LogP contribution in [0.15, 0.2) is 44.9 Å². The number of rotatable bonds is 10. The fraction of sp³-hybridized carbons (Fsp3) is 0.667. The predicted molar refractivity (Wildman–Crippen MR) is 162 cm³/mol. The van der Waals surface area contributed by atoms with Crippen LogP contribution in [0, 0.1) is 38.7 Å². The lowest BCUT2D eigenvalue weighted by Gasteiger charge is -2.64. The minimum atomic E-state index is -4.24. The van der Waals surface area contributed by atoms with E-state index in [0.29, 0.717) is 18.1 Å². The normalized spacial score (nSPS) is 33.5. The lowest BCUT2D eigenvalue weighted by molar-refractivity contribution is -0.832. The Morgan fingerprint density at radius 2 is 1.80 bits per heavy atom. The van der Waals surface area contributed by atoms with Crippen molar-refractivity contribution >= 4 is 27.5 Å². The molecule has 0 radical (unpaired) electrons. The van der Waals surface area contributed by atoms with Gasteiger partial charge in [-0.1, -0.05) is 45.4 Å². The van der Waals surface area contributed by atoms with Crippen molar-refractivity contribution < 1.29 is 41.8 Å². The summed E-state index contributed by atoms with van der Waals surface area (Å²) in [5, 5.41) is 17.5. The Hall–Kier alpha value is -3.48. The van der Waals surface area contributed by atoms with Gasteiger partial charge in [0.15, 0.2) is 0 Å². The van der Waals surface area contributed by atoms with Gasteiger partial charge in [0.25, 0.3) is 9.84 Å². The maximum absolute atomic E-state index is 13.7. The zero-order valence-corrected chi connectivity index (χ0v) is 27.5. The first kappa shape index (κ1) is 32.5. The van der Waals surface area contributed by atoms with Crippen molar-refractivity contribution in [3.8, 4) is 5.88 Å². The Morgan fingerprint density at radius 1 is 1.07 bits per heavy atom. The van der Waals surface area contributed by atoms with Crippen molar-refractivity contribution in [3.63, 3.8) is 0 Å². The highest BCUT2D eigenvalue weighted by Crippen LogP contribution is 2.73. The molecule has 4 aliphatic carbocycles. The van der Waals surface area contributed by atoms with Gasteiger partial charge in [-0.2, -0.15) is 0 Å². The molecule has 1 N–H and O–H groups in total.